The number of ether oxygens (including phenoxy) is 4. The highest BCUT2D eigenvalue weighted by molar-refractivity contribution is 5.70. The van der Waals surface area contributed by atoms with Crippen molar-refractivity contribution < 1.29 is 42.9 Å². The molecule has 2 unspecified atom stereocenters. The smallest absolute Gasteiger partial charge is 0.306 e. The van der Waals surface area contributed by atoms with E-state index in [1.54, 1.807) is 0 Å². The Kier molecular flexibility index (Phi) is 44.7. The highest BCUT2D eigenvalue weighted by Gasteiger charge is 2.22. The topological polar surface area (TPSA) is 111 Å². The molecule has 0 aliphatic carbocycles. The van der Waals surface area contributed by atoms with Crippen molar-refractivity contribution in [1.29, 1.82) is 0 Å². The monoisotopic (exact) mass is 892 g/mol. The lowest BCUT2D eigenvalue weighted by Gasteiger charge is -2.26. The molecule has 0 aromatic carbocycles. The number of quaternary nitrogens is 1. The molecule has 0 aromatic heterocycles. The molecule has 0 heterocycles. The predicted octanol–water partition coefficient (Wildman–Crippen LogP) is 13.5. The number of carboxylic acids is 1. The number of hydrogen-bond donors (Lipinski definition) is 0. The zero-order valence-corrected chi connectivity index (χ0v) is 42.0. The summed E-state index contributed by atoms with van der Waals surface area (Å²) in [6.07, 6.45) is 49.2. The average Bonchev–Trinajstić information content (AvgIpc) is 3.24. The van der Waals surface area contributed by atoms with E-state index in [4.69, 9.17) is 18.9 Å². The molecule has 370 valence electrons. The van der Waals surface area contributed by atoms with E-state index in [1.807, 2.05) is 21.1 Å². The minimum atomic E-state index is -1.62. The largest absolute Gasteiger partial charge is 0.545 e. The van der Waals surface area contributed by atoms with Crippen LogP contribution in [0.4, 0.5) is 0 Å². The van der Waals surface area contributed by atoms with Crippen LogP contribution in [0.3, 0.4) is 0 Å². The van der Waals surface area contributed by atoms with Gasteiger partial charge in [0.1, 0.15) is 13.2 Å². The number of hydrogen-bond acceptors (Lipinski definition) is 8. The van der Waals surface area contributed by atoms with Gasteiger partial charge in [0.15, 0.2) is 12.4 Å². The Balaban J connectivity index is 4.28. The Morgan fingerprint density at radius 2 is 0.857 bits per heavy atom. The second kappa shape index (κ2) is 46.3. The van der Waals surface area contributed by atoms with Gasteiger partial charge in [-0.3, -0.25) is 9.59 Å². The van der Waals surface area contributed by atoms with Crippen molar-refractivity contribution in [3.8, 4) is 0 Å². The lowest BCUT2D eigenvalue weighted by atomic mass is 10.0. The number of rotatable bonds is 49. The number of unbranched alkanes of at least 4 members (excludes halogenated alkanes) is 30. The molecule has 0 aliphatic heterocycles. The highest BCUT2D eigenvalue weighted by Crippen LogP contribution is 2.16. The van der Waals surface area contributed by atoms with Gasteiger partial charge in [-0.2, -0.15) is 0 Å². The Morgan fingerprint density at radius 3 is 1.25 bits per heavy atom. The quantitative estimate of drug-likeness (QED) is 0.0195. The number of carboxylic acid groups (broad SMARTS) is 1. The molecule has 0 saturated carbocycles. The van der Waals surface area contributed by atoms with E-state index >= 15 is 0 Å². The number of likely N-dealkylation sites (N-methyl/N-ethyl adjacent to an activating group) is 1. The Morgan fingerprint density at radius 1 is 0.476 bits per heavy atom. The van der Waals surface area contributed by atoms with E-state index in [9.17, 15) is 19.5 Å². The first kappa shape index (κ1) is 60.8. The predicted molar refractivity (Wildman–Crippen MR) is 260 cm³/mol. The van der Waals surface area contributed by atoms with Gasteiger partial charge in [-0.05, 0) is 44.9 Å². The number of carbonyl (C=O) groups excluding carboxylic acids is 3. The third kappa shape index (κ3) is 47.5. The summed E-state index contributed by atoms with van der Waals surface area (Å²) in [7, 11) is 5.92. The Bertz CT molecular complexity index is 1090. The van der Waals surface area contributed by atoms with E-state index in [0.29, 0.717) is 23.9 Å². The Labute approximate surface area is 388 Å². The normalized spacial score (nSPS) is 13.0. The maximum atomic E-state index is 12.8. The Hall–Kier alpha value is -2.23. The zero-order chi connectivity index (χ0) is 46.3. The van der Waals surface area contributed by atoms with Crippen LogP contribution >= 0.6 is 0 Å². The molecule has 9 nitrogen and oxygen atoms in total. The summed E-state index contributed by atoms with van der Waals surface area (Å²) in [6, 6.07) is 0. The third-order valence-corrected chi connectivity index (χ3v) is 11.7. The molecule has 0 fully saturated rings. The molecule has 0 aromatic rings. The van der Waals surface area contributed by atoms with Gasteiger partial charge < -0.3 is 33.3 Å². The van der Waals surface area contributed by atoms with Gasteiger partial charge in [0.25, 0.3) is 0 Å². The van der Waals surface area contributed by atoms with Crippen LogP contribution in [0.25, 0.3) is 0 Å². The molecule has 0 N–H and O–H groups in total. The lowest BCUT2D eigenvalue weighted by Crippen LogP contribution is -2.44. The molecular weight excluding hydrogens is 791 g/mol. The summed E-state index contributed by atoms with van der Waals surface area (Å²) in [6.45, 7) is 4.76. The molecular formula is C54H101NO8. The van der Waals surface area contributed by atoms with Crippen molar-refractivity contribution in [2.45, 2.75) is 257 Å². The van der Waals surface area contributed by atoms with Crippen LogP contribution in [0.2, 0.25) is 0 Å². The number of aliphatic carboxylic acids is 1. The van der Waals surface area contributed by atoms with Crippen molar-refractivity contribution in [3.05, 3.63) is 24.3 Å². The molecule has 0 rings (SSSR count). The minimum Gasteiger partial charge on any atom is -0.545 e. The molecule has 0 radical (unpaired) electrons. The van der Waals surface area contributed by atoms with Gasteiger partial charge in [-0.15, -0.1) is 0 Å². The molecule has 0 spiro atoms. The fourth-order valence-electron chi connectivity index (χ4n) is 7.57. The fourth-order valence-corrected chi connectivity index (χ4v) is 7.57. The summed E-state index contributed by atoms with van der Waals surface area (Å²) in [4.78, 5) is 37.1. The SMILES string of the molecule is CCCCCCC/C=C\C/C=C\CCCCCCCCCCCCCC(=O)OC(COC(=O)CCCCCCCCCCCCCCCCC)COC(OCC[N+](C)(C)C)C(=O)[O-]. The maximum Gasteiger partial charge on any atom is 0.306 e. The molecule has 0 bridgehead atoms. The summed E-state index contributed by atoms with van der Waals surface area (Å²) in [5.41, 5.74) is 0. The molecule has 63 heavy (non-hydrogen) atoms. The van der Waals surface area contributed by atoms with Crippen LogP contribution in [-0.4, -0.2) is 82.3 Å². The van der Waals surface area contributed by atoms with E-state index in [1.165, 1.54) is 167 Å². The van der Waals surface area contributed by atoms with Gasteiger partial charge in [-0.25, -0.2) is 0 Å². The number of allylic oxidation sites excluding steroid dienone is 4. The lowest BCUT2D eigenvalue weighted by molar-refractivity contribution is -0.870. The minimum absolute atomic E-state index is 0.150. The second-order valence-corrected chi connectivity index (χ2v) is 19.2. The zero-order valence-electron chi connectivity index (χ0n) is 42.0. The van der Waals surface area contributed by atoms with Gasteiger partial charge in [-0.1, -0.05) is 212 Å². The molecule has 0 aliphatic rings. The van der Waals surface area contributed by atoms with E-state index in [0.717, 1.165) is 44.9 Å². The first-order valence-electron chi connectivity index (χ1n) is 26.5. The van der Waals surface area contributed by atoms with E-state index < -0.39 is 24.3 Å². The molecule has 9 heteroatoms. The van der Waals surface area contributed by atoms with Crippen LogP contribution < -0.4 is 5.11 Å². The standard InChI is InChI=1S/C54H101NO8/c1-6-8-10-12-14-16-18-20-22-23-24-25-26-27-28-29-31-33-35-37-39-41-43-45-52(57)63-50(49-62-54(53(58)59)60-47-46-55(3,4)5)48-61-51(56)44-42-40-38-36-34-32-30-21-19-17-15-13-11-9-7-2/h18,20,23-24,50,54H,6-17,19,21-22,25-49H2,1-5H3/b20-18-,24-23-. The highest BCUT2D eigenvalue weighted by atomic mass is 16.7. The number of nitrogens with zero attached hydrogens (tertiary/aromatic N) is 1. The van der Waals surface area contributed by atoms with Gasteiger partial charge in [0.2, 0.25) is 0 Å². The van der Waals surface area contributed by atoms with Crippen molar-refractivity contribution in [2.75, 3.05) is 47.5 Å². The van der Waals surface area contributed by atoms with Crippen LogP contribution in [0.5, 0.6) is 0 Å². The van der Waals surface area contributed by atoms with Crippen molar-refractivity contribution in [1.82, 2.24) is 0 Å². The summed E-state index contributed by atoms with van der Waals surface area (Å²) >= 11 is 0. The van der Waals surface area contributed by atoms with Crippen LogP contribution in [0.1, 0.15) is 245 Å². The van der Waals surface area contributed by atoms with E-state index in [-0.39, 0.29) is 32.2 Å². The second-order valence-electron chi connectivity index (χ2n) is 19.2. The maximum absolute atomic E-state index is 12.8. The van der Waals surface area contributed by atoms with Gasteiger partial charge in [0.05, 0.1) is 40.3 Å². The van der Waals surface area contributed by atoms with Crippen LogP contribution in [0, 0.1) is 0 Å². The van der Waals surface area contributed by atoms with Gasteiger partial charge >= 0.3 is 11.9 Å². The van der Waals surface area contributed by atoms with Crippen molar-refractivity contribution in [2.24, 2.45) is 0 Å². The van der Waals surface area contributed by atoms with Crippen LogP contribution in [-0.2, 0) is 33.3 Å². The van der Waals surface area contributed by atoms with Gasteiger partial charge in [0, 0.05) is 12.8 Å². The average molecular weight is 892 g/mol. The van der Waals surface area contributed by atoms with Crippen LogP contribution in [0.15, 0.2) is 24.3 Å². The summed E-state index contributed by atoms with van der Waals surface area (Å²) in [5.74, 6) is -2.27. The molecule has 2 atom stereocenters. The first-order valence-corrected chi connectivity index (χ1v) is 26.5. The molecule has 0 saturated heterocycles. The van der Waals surface area contributed by atoms with E-state index in [2.05, 4.69) is 38.2 Å². The summed E-state index contributed by atoms with van der Waals surface area (Å²) < 4.78 is 22.7. The van der Waals surface area contributed by atoms with Crippen molar-refractivity contribution >= 4 is 17.9 Å². The third-order valence-electron chi connectivity index (χ3n) is 11.7. The molecule has 0 amide bonds. The number of esters is 2. The van der Waals surface area contributed by atoms with Crippen molar-refractivity contribution in [3.63, 3.8) is 0 Å². The number of carbonyl (C=O) groups is 3. The fraction of sp³-hybridized carbons (Fsp3) is 0.870. The summed E-state index contributed by atoms with van der Waals surface area (Å²) in [5, 5.41) is 11.7. The first-order chi connectivity index (χ1) is 30.6.